The number of sulfonamides is 1. The van der Waals surface area contributed by atoms with Crippen LogP contribution in [0.15, 0.2) is 70.7 Å². The number of nitrogens with zero attached hydrogens (tertiary/aromatic N) is 3. The van der Waals surface area contributed by atoms with Crippen molar-refractivity contribution < 1.29 is 22.7 Å². The molecule has 10 heteroatoms. The molecule has 33 heavy (non-hydrogen) atoms. The van der Waals surface area contributed by atoms with Crippen LogP contribution in [-0.2, 0) is 24.3 Å². The fourth-order valence-corrected chi connectivity index (χ4v) is 5.21. The van der Waals surface area contributed by atoms with Gasteiger partial charge in [0.05, 0.1) is 40.8 Å². The summed E-state index contributed by atoms with van der Waals surface area (Å²) >= 11 is 0. The molecule has 2 saturated heterocycles. The normalized spacial score (nSPS) is 25.8. The van der Waals surface area contributed by atoms with Crippen molar-refractivity contribution in [1.29, 1.82) is 0 Å². The van der Waals surface area contributed by atoms with Crippen LogP contribution in [0.4, 0.5) is 11.4 Å². The molecule has 9 nitrogen and oxygen atoms in total. The quantitative estimate of drug-likeness (QED) is 0.299. The van der Waals surface area contributed by atoms with E-state index in [4.69, 9.17) is 4.74 Å². The first-order valence-electron chi connectivity index (χ1n) is 10.4. The average molecular weight is 467 g/mol. The van der Waals surface area contributed by atoms with Gasteiger partial charge in [0.1, 0.15) is 0 Å². The number of anilines is 2. The Kier molecular flexibility index (Phi) is 5.06. The minimum atomic E-state index is -3.92. The van der Waals surface area contributed by atoms with E-state index in [2.05, 4.69) is 9.93 Å². The van der Waals surface area contributed by atoms with E-state index >= 15 is 0 Å². The highest BCUT2D eigenvalue weighted by molar-refractivity contribution is 7.89. The lowest BCUT2D eigenvalue weighted by Gasteiger charge is -2.17. The fourth-order valence-electron chi connectivity index (χ4n) is 4.41. The molecule has 0 spiro atoms. The minimum Gasteiger partial charge on any atom is -0.378 e. The first-order chi connectivity index (χ1) is 15.8. The molecule has 2 aromatic rings. The molecule has 0 aromatic heterocycles. The van der Waals surface area contributed by atoms with Crippen molar-refractivity contribution in [2.24, 2.45) is 16.9 Å². The second-order valence-corrected chi connectivity index (χ2v) is 10.0. The van der Waals surface area contributed by atoms with Crippen molar-refractivity contribution in [1.82, 2.24) is 4.83 Å². The van der Waals surface area contributed by atoms with Gasteiger partial charge in [-0.25, -0.2) is 9.73 Å². The highest BCUT2D eigenvalue weighted by Gasteiger charge is 2.61. The first kappa shape index (κ1) is 21.4. The summed E-state index contributed by atoms with van der Waals surface area (Å²) in [5, 5.41) is 3.83. The van der Waals surface area contributed by atoms with Gasteiger partial charge in [0.2, 0.25) is 11.8 Å². The Balaban J connectivity index is 1.28. The van der Waals surface area contributed by atoms with Gasteiger partial charge < -0.3 is 9.64 Å². The van der Waals surface area contributed by atoms with Gasteiger partial charge in [0, 0.05) is 19.8 Å². The molecule has 2 bridgehead atoms. The minimum absolute atomic E-state index is 0.0317. The summed E-state index contributed by atoms with van der Waals surface area (Å²) in [7, 11) is -0.0570. The predicted octanol–water partition coefficient (Wildman–Crippen LogP) is 1.51. The second-order valence-electron chi connectivity index (χ2n) is 8.35. The molecule has 1 N–H and O–H groups in total. The van der Waals surface area contributed by atoms with Gasteiger partial charge in [0.15, 0.2) is 0 Å². The summed E-state index contributed by atoms with van der Waals surface area (Å²) in [6.45, 7) is 0. The highest BCUT2D eigenvalue weighted by Crippen LogP contribution is 2.46. The van der Waals surface area contributed by atoms with E-state index < -0.39 is 21.9 Å². The predicted molar refractivity (Wildman–Crippen MR) is 122 cm³/mol. The lowest BCUT2D eigenvalue weighted by molar-refractivity contribution is -0.124. The van der Waals surface area contributed by atoms with E-state index in [1.165, 1.54) is 30.5 Å². The Morgan fingerprint density at radius 1 is 0.939 bits per heavy atom. The number of ether oxygens (including phenoxy) is 1. The number of hydrazone groups is 1. The molecule has 0 radical (unpaired) electrons. The molecule has 3 aliphatic rings. The maximum absolute atomic E-state index is 12.8. The van der Waals surface area contributed by atoms with Crippen molar-refractivity contribution in [2.45, 2.75) is 17.1 Å². The van der Waals surface area contributed by atoms with Crippen LogP contribution in [0.3, 0.4) is 0 Å². The molecule has 170 valence electrons. The summed E-state index contributed by atoms with van der Waals surface area (Å²) in [5.74, 6) is -1.67. The van der Waals surface area contributed by atoms with Crippen molar-refractivity contribution in [3.63, 3.8) is 0 Å². The van der Waals surface area contributed by atoms with Gasteiger partial charge in [0.25, 0.3) is 10.0 Å². The molecule has 3 heterocycles. The number of carbonyl (C=O) groups excluding carboxylic acids is 2. The Labute approximate surface area is 191 Å². The number of hydrogen-bond acceptors (Lipinski definition) is 7. The highest BCUT2D eigenvalue weighted by atomic mass is 32.2. The number of imide groups is 1. The second kappa shape index (κ2) is 7.82. The Bertz CT molecular complexity index is 1240. The van der Waals surface area contributed by atoms with E-state index in [0.29, 0.717) is 5.69 Å². The lowest BCUT2D eigenvalue weighted by atomic mass is 9.85. The van der Waals surface area contributed by atoms with E-state index in [-0.39, 0.29) is 28.9 Å². The lowest BCUT2D eigenvalue weighted by Crippen LogP contribution is -2.34. The zero-order valence-electron chi connectivity index (χ0n) is 18.0. The van der Waals surface area contributed by atoms with E-state index in [0.717, 1.165) is 16.2 Å². The zero-order chi connectivity index (χ0) is 23.3. The van der Waals surface area contributed by atoms with Gasteiger partial charge in [-0.3, -0.25) is 9.59 Å². The molecule has 2 fully saturated rings. The third-order valence-corrected chi connectivity index (χ3v) is 7.35. The van der Waals surface area contributed by atoms with E-state index in [1.54, 1.807) is 0 Å². The van der Waals surface area contributed by atoms with Crippen molar-refractivity contribution >= 4 is 39.4 Å². The van der Waals surface area contributed by atoms with Crippen LogP contribution in [-0.4, -0.2) is 52.8 Å². The topological polar surface area (TPSA) is 108 Å². The van der Waals surface area contributed by atoms with Crippen LogP contribution in [0, 0.1) is 11.8 Å². The maximum atomic E-state index is 12.8. The molecular weight excluding hydrogens is 444 g/mol. The van der Waals surface area contributed by atoms with Crippen molar-refractivity contribution in [3.05, 3.63) is 66.2 Å². The van der Waals surface area contributed by atoms with Gasteiger partial charge in [-0.2, -0.15) is 13.5 Å². The number of amides is 2. The smallest absolute Gasteiger partial charge is 0.276 e. The Hall–Kier alpha value is -3.50. The summed E-state index contributed by atoms with van der Waals surface area (Å²) in [6, 6.07) is 13.0. The molecule has 2 amide bonds. The molecule has 0 aliphatic carbocycles. The molecule has 3 aliphatic heterocycles. The Morgan fingerprint density at radius 2 is 1.52 bits per heavy atom. The first-order valence-corrected chi connectivity index (χ1v) is 11.9. The zero-order valence-corrected chi connectivity index (χ0v) is 18.8. The summed E-state index contributed by atoms with van der Waals surface area (Å²) in [4.78, 5) is 30.9. The Morgan fingerprint density at radius 3 is 2.06 bits per heavy atom. The molecule has 2 aromatic carbocycles. The van der Waals surface area contributed by atoms with Crippen LogP contribution in [0.25, 0.3) is 0 Å². The SMILES string of the molecule is CN(C)c1ccc(/C=N/NS(=O)(=O)c2ccc(N3C(=O)C4C(C3=O)[C@H]3C=C[C@@H]4O3)cc2)cc1. The van der Waals surface area contributed by atoms with Crippen molar-refractivity contribution in [3.8, 4) is 0 Å². The van der Waals surface area contributed by atoms with Crippen molar-refractivity contribution in [2.75, 3.05) is 23.9 Å². The molecular formula is C23H22N4O5S. The molecule has 5 rings (SSSR count). The average Bonchev–Trinajstić information content (AvgIpc) is 3.48. The molecule has 2 unspecified atom stereocenters. The standard InChI is InChI=1S/C23H22N4O5S/c1-26(2)15-5-3-14(4-6-15)13-24-25-33(30,31)17-9-7-16(8-10-17)27-22(28)20-18-11-12-19(32-18)21(20)23(27)29/h3-13,18-21,25H,1-2H3/b24-13+/t18-,19+,20?,21?. The molecule has 4 atom stereocenters. The van der Waals surface area contributed by atoms with Crippen LogP contribution in [0.2, 0.25) is 0 Å². The maximum Gasteiger partial charge on any atom is 0.276 e. The number of carbonyl (C=O) groups is 2. The number of fused-ring (bicyclic) bond motifs is 5. The van der Waals surface area contributed by atoms with Gasteiger partial charge >= 0.3 is 0 Å². The van der Waals surface area contributed by atoms with E-state index in [9.17, 15) is 18.0 Å². The largest absolute Gasteiger partial charge is 0.378 e. The van der Waals surface area contributed by atoms with Gasteiger partial charge in [-0.15, -0.1) is 0 Å². The van der Waals surface area contributed by atoms with Crippen LogP contribution >= 0.6 is 0 Å². The third kappa shape index (κ3) is 3.61. The van der Waals surface area contributed by atoms with E-state index in [1.807, 2.05) is 55.4 Å². The molecule has 0 saturated carbocycles. The number of benzene rings is 2. The fraction of sp³-hybridized carbons (Fsp3) is 0.261. The van der Waals surface area contributed by atoms with Crippen LogP contribution < -0.4 is 14.6 Å². The summed E-state index contributed by atoms with van der Waals surface area (Å²) in [6.07, 6.45) is 4.30. The van der Waals surface area contributed by atoms with Gasteiger partial charge in [-0.05, 0) is 42.0 Å². The van der Waals surface area contributed by atoms with Crippen LogP contribution in [0.5, 0.6) is 0 Å². The van der Waals surface area contributed by atoms with Crippen LogP contribution in [0.1, 0.15) is 5.56 Å². The number of hydrogen-bond donors (Lipinski definition) is 1. The number of nitrogens with one attached hydrogen (secondary N) is 1. The number of rotatable bonds is 6. The van der Waals surface area contributed by atoms with Gasteiger partial charge in [-0.1, -0.05) is 24.3 Å². The summed E-state index contributed by atoms with van der Waals surface area (Å²) < 4.78 is 30.8. The monoisotopic (exact) mass is 466 g/mol. The summed E-state index contributed by atoms with van der Waals surface area (Å²) in [5.41, 5.74) is 2.09. The third-order valence-electron chi connectivity index (χ3n) is 6.11.